The van der Waals surface area contributed by atoms with Crippen molar-refractivity contribution in [3.63, 3.8) is 0 Å². The van der Waals surface area contributed by atoms with Crippen molar-refractivity contribution in [3.05, 3.63) is 27.7 Å². The lowest BCUT2D eigenvalue weighted by molar-refractivity contribution is -0.0282. The van der Waals surface area contributed by atoms with Gasteiger partial charge in [-0.3, -0.25) is 0 Å². The molecule has 110 valence electrons. The molecule has 1 aromatic carbocycles. The first-order valence-corrected chi connectivity index (χ1v) is 8.29. The minimum Gasteiger partial charge on any atom is -0.493 e. The fourth-order valence-corrected chi connectivity index (χ4v) is 3.82. The van der Waals surface area contributed by atoms with E-state index in [0.717, 1.165) is 54.7 Å². The number of hydrogen-bond donors (Lipinski definition) is 1. The van der Waals surface area contributed by atoms with Crippen molar-refractivity contribution in [2.75, 3.05) is 13.2 Å². The van der Waals surface area contributed by atoms with Crippen LogP contribution in [0, 0.1) is 5.92 Å². The lowest BCUT2D eigenvalue weighted by Gasteiger charge is -2.36. The van der Waals surface area contributed by atoms with Crippen LogP contribution in [0.4, 0.5) is 0 Å². The van der Waals surface area contributed by atoms with Gasteiger partial charge in [-0.1, -0.05) is 15.9 Å². The van der Waals surface area contributed by atoms with Crippen LogP contribution in [0.2, 0.25) is 0 Å². The molecule has 1 aliphatic carbocycles. The van der Waals surface area contributed by atoms with Crippen molar-refractivity contribution >= 4 is 15.9 Å². The summed E-state index contributed by atoms with van der Waals surface area (Å²) in [6.45, 7) is 3.65. The molecule has 2 aliphatic rings. The molecule has 1 saturated carbocycles. The number of rotatable bonds is 5. The highest BCUT2D eigenvalue weighted by atomic mass is 79.9. The molecule has 0 saturated heterocycles. The van der Waals surface area contributed by atoms with Gasteiger partial charge in [-0.25, -0.2) is 0 Å². The first-order valence-electron chi connectivity index (χ1n) is 7.49. The summed E-state index contributed by atoms with van der Waals surface area (Å²) in [4.78, 5) is 0. The largest absolute Gasteiger partial charge is 0.493 e. The van der Waals surface area contributed by atoms with Crippen LogP contribution in [0.15, 0.2) is 16.6 Å². The van der Waals surface area contributed by atoms with Gasteiger partial charge in [0, 0.05) is 29.1 Å². The van der Waals surface area contributed by atoms with E-state index < -0.39 is 0 Å². The van der Waals surface area contributed by atoms with Crippen LogP contribution in [0.1, 0.15) is 43.4 Å². The quantitative estimate of drug-likeness (QED) is 0.891. The van der Waals surface area contributed by atoms with Crippen molar-refractivity contribution in [1.29, 1.82) is 0 Å². The van der Waals surface area contributed by atoms with Crippen molar-refractivity contribution in [3.8, 4) is 5.75 Å². The number of fused-ring (bicyclic) bond motifs is 1. The molecule has 0 amide bonds. The highest BCUT2D eigenvalue weighted by Crippen LogP contribution is 2.41. The second-order valence-electron chi connectivity index (χ2n) is 5.84. The van der Waals surface area contributed by atoms with E-state index in [9.17, 15) is 0 Å². The highest BCUT2D eigenvalue weighted by Gasteiger charge is 2.32. The van der Waals surface area contributed by atoms with Gasteiger partial charge in [0.05, 0.1) is 12.7 Å². The topological polar surface area (TPSA) is 44.5 Å². The lowest BCUT2D eigenvalue weighted by Crippen LogP contribution is -2.33. The summed E-state index contributed by atoms with van der Waals surface area (Å²) in [6.07, 6.45) is 4.78. The van der Waals surface area contributed by atoms with Crippen LogP contribution >= 0.6 is 15.9 Å². The Balaban J connectivity index is 1.65. The maximum atomic E-state index is 6.43. The molecule has 1 atom stereocenters. The Bertz CT molecular complexity index is 486. The zero-order valence-corrected chi connectivity index (χ0v) is 13.5. The van der Waals surface area contributed by atoms with Crippen LogP contribution in [-0.2, 0) is 11.2 Å². The predicted molar refractivity (Wildman–Crippen MR) is 83.0 cm³/mol. The summed E-state index contributed by atoms with van der Waals surface area (Å²) in [7, 11) is 0. The van der Waals surface area contributed by atoms with E-state index in [1.807, 2.05) is 0 Å². The fraction of sp³-hybridized carbons (Fsp3) is 0.625. The fourth-order valence-electron chi connectivity index (χ4n) is 3.30. The van der Waals surface area contributed by atoms with E-state index >= 15 is 0 Å². The molecule has 1 heterocycles. The third kappa shape index (κ3) is 2.87. The van der Waals surface area contributed by atoms with Crippen molar-refractivity contribution in [2.24, 2.45) is 11.7 Å². The maximum Gasteiger partial charge on any atom is 0.127 e. The van der Waals surface area contributed by atoms with Gasteiger partial charge in [0.1, 0.15) is 5.75 Å². The number of nitrogens with two attached hydrogens (primary N) is 1. The second-order valence-corrected chi connectivity index (χ2v) is 6.75. The molecule has 0 spiro atoms. The minimum absolute atomic E-state index is 0.0620. The Morgan fingerprint density at radius 2 is 2.25 bits per heavy atom. The summed E-state index contributed by atoms with van der Waals surface area (Å²) in [5, 5.41) is 0. The molecule has 0 radical (unpaired) electrons. The smallest absolute Gasteiger partial charge is 0.127 e. The Labute approximate surface area is 129 Å². The van der Waals surface area contributed by atoms with Crippen molar-refractivity contribution in [2.45, 2.75) is 44.8 Å². The number of halogens is 1. The third-order valence-electron chi connectivity index (χ3n) is 4.36. The molecule has 2 N–H and O–H groups in total. The van der Waals surface area contributed by atoms with Gasteiger partial charge in [-0.2, -0.15) is 0 Å². The average molecular weight is 340 g/mol. The first kappa shape index (κ1) is 14.4. The van der Waals surface area contributed by atoms with Gasteiger partial charge >= 0.3 is 0 Å². The van der Waals surface area contributed by atoms with Crippen molar-refractivity contribution in [1.82, 2.24) is 0 Å². The molecule has 4 heteroatoms. The molecule has 0 bridgehead atoms. The Hall–Kier alpha value is -0.580. The highest BCUT2D eigenvalue weighted by molar-refractivity contribution is 9.10. The zero-order valence-electron chi connectivity index (χ0n) is 11.9. The molecular formula is C16H22BrNO2. The molecule has 3 rings (SSSR count). The van der Waals surface area contributed by atoms with Gasteiger partial charge in [-0.15, -0.1) is 0 Å². The predicted octanol–water partition coefficient (Wildman–Crippen LogP) is 3.59. The number of ether oxygens (including phenoxy) is 2. The minimum atomic E-state index is 0.0620. The zero-order chi connectivity index (χ0) is 14.1. The number of hydrogen-bond acceptors (Lipinski definition) is 3. The van der Waals surface area contributed by atoms with E-state index in [-0.39, 0.29) is 6.04 Å². The third-order valence-corrected chi connectivity index (χ3v) is 4.82. The molecule has 1 fully saturated rings. The molecule has 3 nitrogen and oxygen atoms in total. The van der Waals surface area contributed by atoms with Crippen LogP contribution in [0.5, 0.6) is 5.75 Å². The second kappa shape index (κ2) is 6.04. The van der Waals surface area contributed by atoms with E-state index in [1.165, 1.54) is 5.56 Å². The van der Waals surface area contributed by atoms with Crippen LogP contribution < -0.4 is 10.5 Å². The van der Waals surface area contributed by atoms with Crippen LogP contribution in [0.3, 0.4) is 0 Å². The van der Waals surface area contributed by atoms with Gasteiger partial charge in [-0.05, 0) is 49.8 Å². The Kier molecular flexibility index (Phi) is 4.34. The van der Waals surface area contributed by atoms with Crippen molar-refractivity contribution < 1.29 is 9.47 Å². The molecule has 1 aromatic rings. The van der Waals surface area contributed by atoms with Gasteiger partial charge in [0.15, 0.2) is 0 Å². The number of benzene rings is 1. The lowest BCUT2D eigenvalue weighted by atomic mass is 9.77. The summed E-state index contributed by atoms with van der Waals surface area (Å²) >= 11 is 3.58. The summed E-state index contributed by atoms with van der Waals surface area (Å²) < 4.78 is 12.5. The van der Waals surface area contributed by atoms with E-state index in [2.05, 4.69) is 35.0 Å². The monoisotopic (exact) mass is 339 g/mol. The maximum absolute atomic E-state index is 6.43. The standard InChI is InChI=1S/C16H22BrNO2/c1-2-19-13-5-10(6-13)7-15(18)14-9-12(17)8-11-3-4-20-16(11)14/h8-10,13,15H,2-7,18H2,1H3. The van der Waals surface area contributed by atoms with Gasteiger partial charge in [0.2, 0.25) is 0 Å². The summed E-state index contributed by atoms with van der Waals surface area (Å²) in [5.41, 5.74) is 8.87. The summed E-state index contributed by atoms with van der Waals surface area (Å²) in [5.74, 6) is 1.72. The molecule has 1 unspecified atom stereocenters. The summed E-state index contributed by atoms with van der Waals surface area (Å²) in [6, 6.07) is 4.33. The van der Waals surface area contributed by atoms with E-state index in [1.54, 1.807) is 0 Å². The molecular weight excluding hydrogens is 318 g/mol. The normalized spacial score (nSPS) is 25.8. The van der Waals surface area contributed by atoms with E-state index in [0.29, 0.717) is 12.0 Å². The molecule has 20 heavy (non-hydrogen) atoms. The van der Waals surface area contributed by atoms with Crippen LogP contribution in [0.25, 0.3) is 0 Å². The average Bonchev–Trinajstić information content (AvgIpc) is 2.83. The molecule has 1 aliphatic heterocycles. The Morgan fingerprint density at radius 3 is 3.00 bits per heavy atom. The first-order chi connectivity index (χ1) is 9.67. The van der Waals surface area contributed by atoms with Gasteiger partial charge in [0.25, 0.3) is 0 Å². The van der Waals surface area contributed by atoms with Crippen LogP contribution in [-0.4, -0.2) is 19.3 Å². The van der Waals surface area contributed by atoms with Gasteiger partial charge < -0.3 is 15.2 Å². The Morgan fingerprint density at radius 1 is 1.45 bits per heavy atom. The SMILES string of the molecule is CCOC1CC(CC(N)c2cc(Br)cc3c2OCC3)C1. The molecule has 0 aromatic heterocycles. The van der Waals surface area contributed by atoms with E-state index in [4.69, 9.17) is 15.2 Å².